The number of carbonyl (C=O) groups is 1. The average molecular weight is 283 g/mol. The van der Waals surface area contributed by atoms with Crippen LogP contribution < -0.4 is 16.2 Å². The van der Waals surface area contributed by atoms with Crippen molar-refractivity contribution in [3.63, 3.8) is 0 Å². The van der Waals surface area contributed by atoms with E-state index in [4.69, 9.17) is 16.2 Å². The van der Waals surface area contributed by atoms with Gasteiger partial charge in [-0.1, -0.05) is 0 Å². The van der Waals surface area contributed by atoms with Crippen molar-refractivity contribution in [3.05, 3.63) is 42.4 Å². The lowest BCUT2D eigenvalue weighted by Gasteiger charge is -2.02. The van der Waals surface area contributed by atoms with Crippen molar-refractivity contribution in [2.24, 2.45) is 5.73 Å². The number of carbonyl (C=O) groups excluding carboxylic acids is 1. The summed E-state index contributed by atoms with van der Waals surface area (Å²) in [6.45, 7) is 0. The molecule has 0 aliphatic rings. The fourth-order valence-corrected chi connectivity index (χ4v) is 2.10. The van der Waals surface area contributed by atoms with Crippen molar-refractivity contribution in [1.29, 1.82) is 0 Å². The molecule has 0 unspecified atom stereocenters. The minimum Gasteiger partial charge on any atom is -0.481 e. The second-order valence-corrected chi connectivity index (χ2v) is 4.48. The number of ether oxygens (including phenoxy) is 1. The lowest BCUT2D eigenvalue weighted by molar-refractivity contribution is 0.100. The number of nitrogen functional groups attached to an aromatic ring is 1. The van der Waals surface area contributed by atoms with Gasteiger partial charge in [0, 0.05) is 29.6 Å². The van der Waals surface area contributed by atoms with Crippen LogP contribution >= 0.6 is 0 Å². The molecule has 0 fully saturated rings. The molecule has 3 heterocycles. The molecule has 0 aliphatic heterocycles. The van der Waals surface area contributed by atoms with Crippen LogP contribution in [0.15, 0.2) is 36.8 Å². The first-order valence-electron chi connectivity index (χ1n) is 6.17. The van der Waals surface area contributed by atoms with E-state index in [0.717, 1.165) is 11.1 Å². The third kappa shape index (κ3) is 2.14. The van der Waals surface area contributed by atoms with Crippen LogP contribution in [-0.4, -0.2) is 27.6 Å². The zero-order valence-corrected chi connectivity index (χ0v) is 11.3. The first-order chi connectivity index (χ1) is 10.1. The van der Waals surface area contributed by atoms with Gasteiger partial charge in [-0.3, -0.25) is 4.79 Å². The summed E-state index contributed by atoms with van der Waals surface area (Å²) in [5.74, 6) is -0.0625. The molecule has 0 saturated carbocycles. The highest BCUT2D eigenvalue weighted by Crippen LogP contribution is 2.26. The number of hydrogen-bond donors (Lipinski definition) is 2. The number of amides is 1. The topological polar surface area (TPSA) is 109 Å². The summed E-state index contributed by atoms with van der Waals surface area (Å²) in [5.41, 5.74) is 14.1. The second-order valence-electron chi connectivity index (χ2n) is 4.48. The summed E-state index contributed by atoms with van der Waals surface area (Å²) in [6.07, 6.45) is 4.86. The van der Waals surface area contributed by atoms with Crippen molar-refractivity contribution in [2.75, 3.05) is 12.8 Å². The Labute approximate surface area is 120 Å². The van der Waals surface area contributed by atoms with Gasteiger partial charge in [0.1, 0.15) is 0 Å². The minimum absolute atomic E-state index is 0.208. The Morgan fingerprint density at radius 1 is 1.29 bits per heavy atom. The molecule has 0 atom stereocenters. The number of anilines is 1. The van der Waals surface area contributed by atoms with Crippen molar-refractivity contribution < 1.29 is 9.53 Å². The molecule has 3 aromatic rings. The van der Waals surface area contributed by atoms with E-state index in [1.807, 2.05) is 12.1 Å². The Morgan fingerprint density at radius 2 is 2.10 bits per heavy atom. The molecular weight excluding hydrogens is 270 g/mol. The zero-order chi connectivity index (χ0) is 15.0. The Bertz CT molecular complexity index is 823. The first-order valence-corrected chi connectivity index (χ1v) is 6.17. The number of nitrogens with two attached hydrogens (primary N) is 2. The van der Waals surface area contributed by atoms with Gasteiger partial charge < -0.3 is 16.2 Å². The maximum absolute atomic E-state index is 11.3. The molecule has 0 aliphatic carbocycles. The number of pyridine rings is 1. The lowest BCUT2D eigenvalue weighted by Crippen LogP contribution is -2.15. The predicted molar refractivity (Wildman–Crippen MR) is 77.9 cm³/mol. The van der Waals surface area contributed by atoms with Crippen LogP contribution in [-0.2, 0) is 0 Å². The highest BCUT2D eigenvalue weighted by Gasteiger charge is 2.12. The lowest BCUT2D eigenvalue weighted by atomic mass is 10.1. The molecule has 0 spiro atoms. The van der Waals surface area contributed by atoms with Crippen LogP contribution in [0.3, 0.4) is 0 Å². The quantitative estimate of drug-likeness (QED) is 0.747. The Hall–Kier alpha value is -3.09. The van der Waals surface area contributed by atoms with Crippen LogP contribution in [0.5, 0.6) is 5.88 Å². The van der Waals surface area contributed by atoms with Gasteiger partial charge in [-0.05, 0) is 12.1 Å². The van der Waals surface area contributed by atoms with Gasteiger partial charge in [0.2, 0.25) is 5.88 Å². The molecular formula is C14H13N5O2. The van der Waals surface area contributed by atoms with E-state index in [9.17, 15) is 4.79 Å². The third-order valence-electron chi connectivity index (χ3n) is 3.22. The Balaban J connectivity index is 2.12. The molecule has 4 N–H and O–H groups in total. The summed E-state index contributed by atoms with van der Waals surface area (Å²) in [4.78, 5) is 15.4. The number of aromatic nitrogens is 3. The van der Waals surface area contributed by atoms with E-state index in [0.29, 0.717) is 17.1 Å². The first kappa shape index (κ1) is 12.9. The largest absolute Gasteiger partial charge is 0.481 e. The van der Waals surface area contributed by atoms with E-state index in [1.54, 1.807) is 30.1 Å². The van der Waals surface area contributed by atoms with Gasteiger partial charge in [0.05, 0.1) is 30.1 Å². The molecule has 3 aromatic heterocycles. The van der Waals surface area contributed by atoms with Gasteiger partial charge in [-0.25, -0.2) is 9.50 Å². The summed E-state index contributed by atoms with van der Waals surface area (Å²) < 4.78 is 6.62. The fourth-order valence-electron chi connectivity index (χ4n) is 2.10. The molecule has 1 amide bonds. The van der Waals surface area contributed by atoms with Gasteiger partial charge in [0.25, 0.3) is 5.91 Å². The van der Waals surface area contributed by atoms with Crippen LogP contribution in [0.2, 0.25) is 0 Å². The molecule has 7 heteroatoms. The van der Waals surface area contributed by atoms with E-state index in [1.165, 1.54) is 6.20 Å². The SMILES string of the molecule is COc1ccc(-c2cc3c(N)c(C(N)=O)cnn3c2)cn1. The van der Waals surface area contributed by atoms with Gasteiger partial charge in [0.15, 0.2) is 0 Å². The standard InChI is InChI=1S/C14H13N5O2/c1-21-12-3-2-8(5-17-12)9-4-11-13(15)10(14(16)20)6-18-19(11)7-9/h2-7H,15H2,1H3,(H2,16,20). The number of hydrogen-bond acceptors (Lipinski definition) is 5. The van der Waals surface area contributed by atoms with Gasteiger partial charge in [-0.15, -0.1) is 0 Å². The van der Waals surface area contributed by atoms with Crippen LogP contribution in [0.1, 0.15) is 10.4 Å². The number of rotatable bonds is 3. The van der Waals surface area contributed by atoms with Crippen molar-refractivity contribution in [3.8, 4) is 17.0 Å². The number of fused-ring (bicyclic) bond motifs is 1. The van der Waals surface area contributed by atoms with Crippen molar-refractivity contribution >= 4 is 17.1 Å². The fraction of sp³-hybridized carbons (Fsp3) is 0.0714. The summed E-state index contributed by atoms with van der Waals surface area (Å²) in [7, 11) is 1.56. The van der Waals surface area contributed by atoms with Crippen LogP contribution in [0, 0.1) is 0 Å². The van der Waals surface area contributed by atoms with E-state index < -0.39 is 5.91 Å². The number of nitrogens with zero attached hydrogens (tertiary/aromatic N) is 3. The molecule has 0 aromatic carbocycles. The molecule has 0 saturated heterocycles. The molecule has 7 nitrogen and oxygen atoms in total. The summed E-state index contributed by atoms with van der Waals surface area (Å²) in [5, 5.41) is 4.13. The Kier molecular flexibility index (Phi) is 2.94. The van der Waals surface area contributed by atoms with Gasteiger partial charge in [-0.2, -0.15) is 5.10 Å². The summed E-state index contributed by atoms with van der Waals surface area (Å²) >= 11 is 0. The molecule has 21 heavy (non-hydrogen) atoms. The predicted octanol–water partition coefficient (Wildman–Crippen LogP) is 1.09. The van der Waals surface area contributed by atoms with E-state index in [-0.39, 0.29) is 5.56 Å². The summed E-state index contributed by atoms with van der Waals surface area (Å²) in [6, 6.07) is 5.48. The monoisotopic (exact) mass is 283 g/mol. The van der Waals surface area contributed by atoms with E-state index in [2.05, 4.69) is 10.1 Å². The smallest absolute Gasteiger partial charge is 0.252 e. The van der Waals surface area contributed by atoms with Gasteiger partial charge >= 0.3 is 0 Å². The minimum atomic E-state index is -0.601. The average Bonchev–Trinajstić information content (AvgIpc) is 2.92. The maximum Gasteiger partial charge on any atom is 0.252 e. The molecule has 106 valence electrons. The maximum atomic E-state index is 11.3. The van der Waals surface area contributed by atoms with E-state index >= 15 is 0 Å². The molecule has 0 bridgehead atoms. The number of primary amides is 1. The normalized spacial score (nSPS) is 10.7. The molecule has 0 radical (unpaired) electrons. The Morgan fingerprint density at radius 3 is 2.71 bits per heavy atom. The highest BCUT2D eigenvalue weighted by molar-refractivity contribution is 6.01. The van der Waals surface area contributed by atoms with Crippen LogP contribution in [0.25, 0.3) is 16.6 Å². The zero-order valence-electron chi connectivity index (χ0n) is 11.3. The number of methoxy groups -OCH3 is 1. The van der Waals surface area contributed by atoms with Crippen LogP contribution in [0.4, 0.5) is 5.69 Å². The second kappa shape index (κ2) is 4.78. The van der Waals surface area contributed by atoms with Crippen molar-refractivity contribution in [2.45, 2.75) is 0 Å². The third-order valence-corrected chi connectivity index (χ3v) is 3.22. The van der Waals surface area contributed by atoms with Crippen molar-refractivity contribution in [1.82, 2.24) is 14.6 Å². The highest BCUT2D eigenvalue weighted by atomic mass is 16.5. The molecule has 3 rings (SSSR count).